The molecule has 1 unspecified atom stereocenters. The lowest BCUT2D eigenvalue weighted by molar-refractivity contribution is 0.207. The van der Waals surface area contributed by atoms with Gasteiger partial charge in [-0.05, 0) is 25.5 Å². The summed E-state index contributed by atoms with van der Waals surface area (Å²) < 4.78 is 7.00. The standard InChI is InChI=1S/C13H17NOS/c1-3-4-7-10(2)15-13-14-11-8-5-6-9-12(11)16-13/h5-6,8-10H,3-4,7H2,1-2H3. The Morgan fingerprint density at radius 2 is 2.19 bits per heavy atom. The lowest BCUT2D eigenvalue weighted by Gasteiger charge is -2.10. The second-order valence-corrected chi connectivity index (χ2v) is 5.01. The van der Waals surface area contributed by atoms with E-state index in [1.165, 1.54) is 17.5 Å². The smallest absolute Gasteiger partial charge is 0.274 e. The molecular weight excluding hydrogens is 218 g/mol. The zero-order valence-electron chi connectivity index (χ0n) is 9.77. The first-order chi connectivity index (χ1) is 7.79. The molecule has 0 spiro atoms. The van der Waals surface area contributed by atoms with Crippen molar-refractivity contribution in [2.75, 3.05) is 0 Å². The summed E-state index contributed by atoms with van der Waals surface area (Å²) in [5, 5.41) is 0.796. The van der Waals surface area contributed by atoms with Crippen LogP contribution in [0.15, 0.2) is 24.3 Å². The highest BCUT2D eigenvalue weighted by Gasteiger charge is 2.08. The number of unbranched alkanes of at least 4 members (excludes halogenated alkanes) is 1. The first-order valence-electron chi connectivity index (χ1n) is 5.82. The van der Waals surface area contributed by atoms with Gasteiger partial charge < -0.3 is 4.74 Å². The Labute approximate surface area is 100 Å². The van der Waals surface area contributed by atoms with Crippen molar-refractivity contribution in [1.82, 2.24) is 4.98 Å². The molecule has 0 aliphatic rings. The fourth-order valence-electron chi connectivity index (χ4n) is 1.62. The molecule has 1 atom stereocenters. The number of thiazole rings is 1. The van der Waals surface area contributed by atoms with Crippen LogP contribution in [0, 0.1) is 0 Å². The zero-order chi connectivity index (χ0) is 11.4. The third-order valence-corrected chi connectivity index (χ3v) is 3.47. The predicted molar refractivity (Wildman–Crippen MR) is 69.2 cm³/mol. The monoisotopic (exact) mass is 235 g/mol. The Bertz CT molecular complexity index is 419. The van der Waals surface area contributed by atoms with E-state index < -0.39 is 0 Å². The highest BCUT2D eigenvalue weighted by molar-refractivity contribution is 7.20. The van der Waals surface area contributed by atoms with E-state index in [1.54, 1.807) is 11.3 Å². The van der Waals surface area contributed by atoms with Crippen molar-refractivity contribution in [3.05, 3.63) is 24.3 Å². The molecule has 0 aliphatic heterocycles. The molecule has 0 saturated heterocycles. The Kier molecular flexibility index (Phi) is 3.78. The minimum Gasteiger partial charge on any atom is -0.467 e. The van der Waals surface area contributed by atoms with Crippen LogP contribution < -0.4 is 4.74 Å². The molecule has 1 heterocycles. The largest absolute Gasteiger partial charge is 0.467 e. The molecule has 3 heteroatoms. The molecule has 86 valence electrons. The summed E-state index contributed by atoms with van der Waals surface area (Å²) in [7, 11) is 0. The molecule has 0 amide bonds. The van der Waals surface area contributed by atoms with Gasteiger partial charge in [0.25, 0.3) is 5.19 Å². The third kappa shape index (κ3) is 2.73. The van der Waals surface area contributed by atoms with E-state index >= 15 is 0 Å². The van der Waals surface area contributed by atoms with Crippen LogP contribution in [0.4, 0.5) is 0 Å². The average Bonchev–Trinajstić information content (AvgIpc) is 2.68. The third-order valence-electron chi connectivity index (χ3n) is 2.54. The van der Waals surface area contributed by atoms with Crippen LogP contribution in [0.3, 0.4) is 0 Å². The predicted octanol–water partition coefficient (Wildman–Crippen LogP) is 4.25. The Morgan fingerprint density at radius 1 is 1.38 bits per heavy atom. The Balaban J connectivity index is 2.03. The van der Waals surface area contributed by atoms with Gasteiger partial charge in [0.1, 0.15) is 0 Å². The van der Waals surface area contributed by atoms with Gasteiger partial charge in [-0.2, -0.15) is 0 Å². The van der Waals surface area contributed by atoms with Crippen LogP contribution in [0.25, 0.3) is 10.2 Å². The highest BCUT2D eigenvalue weighted by atomic mass is 32.1. The molecule has 0 radical (unpaired) electrons. The molecule has 1 aromatic heterocycles. The summed E-state index contributed by atoms with van der Waals surface area (Å²) in [5.41, 5.74) is 1.03. The van der Waals surface area contributed by atoms with Crippen LogP contribution >= 0.6 is 11.3 Å². The van der Waals surface area contributed by atoms with Crippen molar-refractivity contribution >= 4 is 21.6 Å². The number of para-hydroxylation sites is 1. The van der Waals surface area contributed by atoms with Gasteiger partial charge in [0, 0.05) is 0 Å². The van der Waals surface area contributed by atoms with E-state index in [-0.39, 0.29) is 6.10 Å². The SMILES string of the molecule is CCCCC(C)Oc1nc2ccccc2s1. The van der Waals surface area contributed by atoms with Gasteiger partial charge in [-0.15, -0.1) is 0 Å². The van der Waals surface area contributed by atoms with Gasteiger partial charge in [0.2, 0.25) is 0 Å². The summed E-state index contributed by atoms with van der Waals surface area (Å²) in [6.07, 6.45) is 3.80. The van der Waals surface area contributed by atoms with Gasteiger partial charge in [0.05, 0.1) is 16.3 Å². The number of fused-ring (bicyclic) bond motifs is 1. The molecule has 1 aromatic carbocycles. The first kappa shape index (κ1) is 11.4. The molecule has 2 nitrogen and oxygen atoms in total. The number of aromatic nitrogens is 1. The highest BCUT2D eigenvalue weighted by Crippen LogP contribution is 2.28. The molecular formula is C13H17NOS. The summed E-state index contributed by atoms with van der Waals surface area (Å²) >= 11 is 1.63. The lowest BCUT2D eigenvalue weighted by atomic mass is 10.2. The summed E-state index contributed by atoms with van der Waals surface area (Å²) in [4.78, 5) is 4.46. The number of hydrogen-bond acceptors (Lipinski definition) is 3. The maximum absolute atomic E-state index is 5.81. The maximum atomic E-state index is 5.81. The molecule has 0 bridgehead atoms. The molecule has 0 N–H and O–H groups in total. The van der Waals surface area contributed by atoms with Crippen LogP contribution in [-0.2, 0) is 0 Å². The number of ether oxygens (including phenoxy) is 1. The molecule has 2 rings (SSSR count). The maximum Gasteiger partial charge on any atom is 0.274 e. The van der Waals surface area contributed by atoms with Crippen LogP contribution in [0.1, 0.15) is 33.1 Å². The fraction of sp³-hybridized carbons (Fsp3) is 0.462. The minimum absolute atomic E-state index is 0.264. The topological polar surface area (TPSA) is 22.1 Å². The lowest BCUT2D eigenvalue weighted by Crippen LogP contribution is -2.10. The van der Waals surface area contributed by atoms with E-state index in [1.807, 2.05) is 18.2 Å². The summed E-state index contributed by atoms with van der Waals surface area (Å²) in [6.45, 7) is 4.31. The number of benzene rings is 1. The molecule has 0 fully saturated rings. The number of rotatable bonds is 5. The Morgan fingerprint density at radius 3 is 2.94 bits per heavy atom. The van der Waals surface area contributed by atoms with Gasteiger partial charge >= 0.3 is 0 Å². The molecule has 16 heavy (non-hydrogen) atoms. The second kappa shape index (κ2) is 5.30. The van der Waals surface area contributed by atoms with E-state index in [9.17, 15) is 0 Å². The number of hydrogen-bond donors (Lipinski definition) is 0. The normalized spacial score (nSPS) is 12.9. The van der Waals surface area contributed by atoms with Crippen molar-refractivity contribution in [3.63, 3.8) is 0 Å². The van der Waals surface area contributed by atoms with Crippen molar-refractivity contribution in [2.24, 2.45) is 0 Å². The van der Waals surface area contributed by atoms with Crippen LogP contribution in [0.2, 0.25) is 0 Å². The quantitative estimate of drug-likeness (QED) is 0.772. The first-order valence-corrected chi connectivity index (χ1v) is 6.63. The summed E-state index contributed by atoms with van der Waals surface area (Å²) in [6, 6.07) is 8.14. The average molecular weight is 235 g/mol. The molecule has 0 saturated carbocycles. The van der Waals surface area contributed by atoms with Crippen LogP contribution in [-0.4, -0.2) is 11.1 Å². The molecule has 0 aliphatic carbocycles. The van der Waals surface area contributed by atoms with Crippen molar-refractivity contribution < 1.29 is 4.74 Å². The zero-order valence-corrected chi connectivity index (χ0v) is 10.6. The van der Waals surface area contributed by atoms with E-state index in [0.717, 1.165) is 17.1 Å². The summed E-state index contributed by atoms with van der Waals surface area (Å²) in [5.74, 6) is 0. The van der Waals surface area contributed by atoms with Gasteiger partial charge in [-0.3, -0.25) is 0 Å². The second-order valence-electron chi connectivity index (χ2n) is 4.02. The van der Waals surface area contributed by atoms with E-state index in [4.69, 9.17) is 4.74 Å². The van der Waals surface area contributed by atoms with E-state index in [0.29, 0.717) is 0 Å². The number of nitrogens with zero attached hydrogens (tertiary/aromatic N) is 1. The fourth-order valence-corrected chi connectivity index (χ4v) is 2.53. The van der Waals surface area contributed by atoms with Gasteiger partial charge in [0.15, 0.2) is 0 Å². The van der Waals surface area contributed by atoms with Crippen molar-refractivity contribution in [2.45, 2.75) is 39.2 Å². The van der Waals surface area contributed by atoms with Crippen LogP contribution in [0.5, 0.6) is 5.19 Å². The van der Waals surface area contributed by atoms with Crippen molar-refractivity contribution in [3.8, 4) is 5.19 Å². The molecule has 2 aromatic rings. The minimum atomic E-state index is 0.264. The van der Waals surface area contributed by atoms with Crippen molar-refractivity contribution in [1.29, 1.82) is 0 Å². The van der Waals surface area contributed by atoms with Gasteiger partial charge in [-0.1, -0.05) is 43.2 Å². The van der Waals surface area contributed by atoms with Gasteiger partial charge in [-0.25, -0.2) is 4.98 Å². The Hall–Kier alpha value is -1.09. The van der Waals surface area contributed by atoms with E-state index in [2.05, 4.69) is 24.9 Å².